The number of carbonyl (C=O) groups is 2. The molecular weight excluding hydrogens is 314 g/mol. The summed E-state index contributed by atoms with van der Waals surface area (Å²) in [6.07, 6.45) is 4.26. The normalized spacial score (nSPS) is 16.4. The van der Waals surface area contributed by atoms with E-state index in [4.69, 9.17) is 5.73 Å². The molecule has 5 nitrogen and oxygen atoms in total. The number of fused-ring (bicyclic) bond motifs is 1. The number of hydrogen-bond acceptors (Lipinski definition) is 2. The lowest BCUT2D eigenvalue weighted by Crippen LogP contribution is -2.37. The third-order valence-electron chi connectivity index (χ3n) is 4.59. The predicted molar refractivity (Wildman–Crippen MR) is 97.1 cm³/mol. The zero-order chi connectivity index (χ0) is 17.6. The van der Waals surface area contributed by atoms with Gasteiger partial charge in [-0.05, 0) is 48.1 Å². The Hall–Kier alpha value is -2.82. The van der Waals surface area contributed by atoms with Crippen LogP contribution < -0.4 is 16.4 Å². The molecule has 3 rings (SSSR count). The van der Waals surface area contributed by atoms with Gasteiger partial charge in [0.25, 0.3) is 0 Å². The number of hydrogen-bond donors (Lipinski definition) is 3. The van der Waals surface area contributed by atoms with Gasteiger partial charge in [-0.3, -0.25) is 4.79 Å². The molecule has 0 saturated heterocycles. The third kappa shape index (κ3) is 4.38. The highest BCUT2D eigenvalue weighted by molar-refractivity contribution is 5.92. The lowest BCUT2D eigenvalue weighted by Gasteiger charge is -2.19. The first-order valence-corrected chi connectivity index (χ1v) is 8.64. The predicted octanol–water partition coefficient (Wildman–Crippen LogP) is 3.05. The molecule has 4 N–H and O–H groups in total. The summed E-state index contributed by atoms with van der Waals surface area (Å²) < 4.78 is 0. The smallest absolute Gasteiger partial charge is 0.315 e. The van der Waals surface area contributed by atoms with Crippen molar-refractivity contribution >= 4 is 11.9 Å². The van der Waals surface area contributed by atoms with Crippen LogP contribution in [0.1, 0.15) is 52.4 Å². The topological polar surface area (TPSA) is 84.2 Å². The molecule has 0 spiro atoms. The summed E-state index contributed by atoms with van der Waals surface area (Å²) in [5, 5.41) is 5.94. The van der Waals surface area contributed by atoms with Crippen molar-refractivity contribution in [2.24, 2.45) is 5.73 Å². The molecule has 25 heavy (non-hydrogen) atoms. The quantitative estimate of drug-likeness (QED) is 0.749. The van der Waals surface area contributed by atoms with E-state index in [1.54, 1.807) is 18.2 Å². The first kappa shape index (κ1) is 17.0. The highest BCUT2D eigenvalue weighted by Crippen LogP contribution is 2.28. The number of benzene rings is 2. The van der Waals surface area contributed by atoms with Gasteiger partial charge < -0.3 is 16.4 Å². The van der Waals surface area contributed by atoms with E-state index in [1.165, 1.54) is 11.1 Å². The van der Waals surface area contributed by atoms with E-state index in [2.05, 4.69) is 22.8 Å². The van der Waals surface area contributed by atoms with E-state index in [-0.39, 0.29) is 12.1 Å². The molecule has 2 aromatic rings. The highest BCUT2D eigenvalue weighted by Gasteiger charge is 2.19. The van der Waals surface area contributed by atoms with Gasteiger partial charge in [0, 0.05) is 12.1 Å². The summed E-state index contributed by atoms with van der Waals surface area (Å²) >= 11 is 0. The average Bonchev–Trinajstić information content (AvgIpc) is 2.83. The van der Waals surface area contributed by atoms with Crippen molar-refractivity contribution in [1.29, 1.82) is 0 Å². The second-order valence-corrected chi connectivity index (χ2v) is 6.39. The van der Waals surface area contributed by atoms with Gasteiger partial charge in [0.15, 0.2) is 0 Å². The molecule has 0 heterocycles. The lowest BCUT2D eigenvalue weighted by molar-refractivity contribution is 0.1000. The molecule has 0 aliphatic heterocycles. The fourth-order valence-electron chi connectivity index (χ4n) is 3.30. The maximum Gasteiger partial charge on any atom is 0.315 e. The fraction of sp³-hybridized carbons (Fsp3) is 0.300. The summed E-state index contributed by atoms with van der Waals surface area (Å²) in [4.78, 5) is 23.5. The Bertz CT molecular complexity index is 773. The van der Waals surface area contributed by atoms with Crippen molar-refractivity contribution in [2.45, 2.75) is 38.3 Å². The fourth-order valence-corrected chi connectivity index (χ4v) is 3.30. The van der Waals surface area contributed by atoms with E-state index in [9.17, 15) is 9.59 Å². The van der Waals surface area contributed by atoms with Gasteiger partial charge in [0.2, 0.25) is 5.91 Å². The molecule has 1 aliphatic rings. The van der Waals surface area contributed by atoms with Gasteiger partial charge in [-0.2, -0.15) is 0 Å². The standard InChI is InChI=1S/C20H23N3O2/c21-19(24)16-9-5-6-14(12-16)13-22-20(25)23-18-11-4-2-8-15-7-1-3-10-17(15)18/h1,3,5-7,9-10,12,18H,2,4,8,11,13H2,(H2,21,24)(H2,22,23,25)/t18-/m0/s1. The van der Waals surface area contributed by atoms with Crippen molar-refractivity contribution in [3.8, 4) is 0 Å². The van der Waals surface area contributed by atoms with Crippen molar-refractivity contribution in [3.63, 3.8) is 0 Å². The number of amides is 3. The maximum atomic E-state index is 12.3. The maximum absolute atomic E-state index is 12.3. The molecule has 0 aromatic heterocycles. The van der Waals surface area contributed by atoms with Crippen molar-refractivity contribution in [1.82, 2.24) is 10.6 Å². The van der Waals surface area contributed by atoms with Gasteiger partial charge in [-0.15, -0.1) is 0 Å². The lowest BCUT2D eigenvalue weighted by atomic mass is 9.99. The molecule has 5 heteroatoms. The van der Waals surface area contributed by atoms with Gasteiger partial charge in [0.1, 0.15) is 0 Å². The van der Waals surface area contributed by atoms with Gasteiger partial charge in [0.05, 0.1) is 6.04 Å². The summed E-state index contributed by atoms with van der Waals surface area (Å²) in [5.41, 5.74) is 9.10. The summed E-state index contributed by atoms with van der Waals surface area (Å²) in [6, 6.07) is 15.1. The third-order valence-corrected chi connectivity index (χ3v) is 4.59. The van der Waals surface area contributed by atoms with Crippen molar-refractivity contribution < 1.29 is 9.59 Å². The van der Waals surface area contributed by atoms with E-state index in [0.717, 1.165) is 31.2 Å². The van der Waals surface area contributed by atoms with Crippen molar-refractivity contribution in [2.75, 3.05) is 0 Å². The van der Waals surface area contributed by atoms with Crippen LogP contribution in [-0.2, 0) is 13.0 Å². The zero-order valence-corrected chi connectivity index (χ0v) is 14.1. The van der Waals surface area contributed by atoms with Gasteiger partial charge >= 0.3 is 6.03 Å². The molecule has 130 valence electrons. The summed E-state index contributed by atoms with van der Waals surface area (Å²) in [5.74, 6) is -0.471. The molecule has 1 aliphatic carbocycles. The minimum Gasteiger partial charge on any atom is -0.366 e. The van der Waals surface area contributed by atoms with Crippen LogP contribution >= 0.6 is 0 Å². The Balaban J connectivity index is 1.61. The average molecular weight is 337 g/mol. The molecule has 0 saturated carbocycles. The second kappa shape index (κ2) is 7.83. The van der Waals surface area contributed by atoms with Crippen LogP contribution in [0.4, 0.5) is 4.79 Å². The van der Waals surface area contributed by atoms with E-state index in [1.807, 2.05) is 18.2 Å². The Morgan fingerprint density at radius 3 is 2.76 bits per heavy atom. The molecule has 1 atom stereocenters. The number of aryl methyl sites for hydroxylation is 1. The molecule has 0 bridgehead atoms. The molecule has 3 amide bonds. The van der Waals surface area contributed by atoms with Crippen LogP contribution in [0.15, 0.2) is 48.5 Å². The molecule has 0 radical (unpaired) electrons. The first-order chi connectivity index (χ1) is 12.1. The van der Waals surface area contributed by atoms with Crippen LogP contribution in [0.25, 0.3) is 0 Å². The van der Waals surface area contributed by atoms with E-state index < -0.39 is 5.91 Å². The molecular formula is C20H23N3O2. The largest absolute Gasteiger partial charge is 0.366 e. The minimum atomic E-state index is -0.471. The van der Waals surface area contributed by atoms with E-state index >= 15 is 0 Å². The van der Waals surface area contributed by atoms with Gasteiger partial charge in [-0.25, -0.2) is 4.79 Å². The molecule has 0 unspecified atom stereocenters. The number of primary amides is 1. The minimum absolute atomic E-state index is 0.0376. The number of urea groups is 1. The summed E-state index contributed by atoms with van der Waals surface area (Å²) in [6.45, 7) is 0.349. The number of rotatable bonds is 4. The van der Waals surface area contributed by atoms with E-state index in [0.29, 0.717) is 12.1 Å². The van der Waals surface area contributed by atoms with Crippen LogP contribution in [0, 0.1) is 0 Å². The Morgan fingerprint density at radius 2 is 1.92 bits per heavy atom. The molecule has 2 aromatic carbocycles. The monoisotopic (exact) mass is 337 g/mol. The zero-order valence-electron chi connectivity index (χ0n) is 14.1. The molecule has 0 fully saturated rings. The van der Waals surface area contributed by atoms with Crippen LogP contribution in [0.3, 0.4) is 0 Å². The number of nitrogens with one attached hydrogen (secondary N) is 2. The first-order valence-electron chi connectivity index (χ1n) is 8.64. The Labute approximate surface area is 147 Å². The summed E-state index contributed by atoms with van der Waals surface area (Å²) in [7, 11) is 0. The van der Waals surface area contributed by atoms with Gasteiger partial charge in [-0.1, -0.05) is 42.8 Å². The Kier molecular flexibility index (Phi) is 5.33. The van der Waals surface area contributed by atoms with Crippen molar-refractivity contribution in [3.05, 3.63) is 70.8 Å². The van der Waals surface area contributed by atoms with Crippen LogP contribution in [0.5, 0.6) is 0 Å². The highest BCUT2D eigenvalue weighted by atomic mass is 16.2. The number of carbonyl (C=O) groups excluding carboxylic acids is 2. The SMILES string of the molecule is NC(=O)c1cccc(CNC(=O)N[C@H]2CCCCc3ccccc32)c1. The van der Waals surface area contributed by atoms with Crippen LogP contribution in [0.2, 0.25) is 0 Å². The second-order valence-electron chi connectivity index (χ2n) is 6.39. The van der Waals surface area contributed by atoms with Crippen LogP contribution in [-0.4, -0.2) is 11.9 Å². The Morgan fingerprint density at radius 1 is 1.08 bits per heavy atom. The number of nitrogens with two attached hydrogens (primary N) is 1.